The molecule has 2 aromatic heterocycles. The smallest absolute Gasteiger partial charge is 0.181 e. The van der Waals surface area contributed by atoms with E-state index in [2.05, 4.69) is 15.0 Å². The van der Waals surface area contributed by atoms with Crippen LogP contribution in [0.1, 0.15) is 16.7 Å². The zero-order valence-corrected chi connectivity index (χ0v) is 16.4. The predicted octanol–water partition coefficient (Wildman–Crippen LogP) is 4.96. The molecule has 0 fully saturated rings. The molecule has 0 amide bonds. The summed E-state index contributed by atoms with van der Waals surface area (Å²) in [6.07, 6.45) is 3.36. The van der Waals surface area contributed by atoms with E-state index >= 15 is 0 Å². The van der Waals surface area contributed by atoms with Crippen LogP contribution in [0, 0.1) is 13.8 Å². The van der Waals surface area contributed by atoms with Crippen LogP contribution < -0.4 is 5.49 Å². The Balaban J connectivity index is 1.85. The van der Waals surface area contributed by atoms with E-state index < -0.39 is 0 Å². The molecule has 0 unspecified atom stereocenters. The number of benzene rings is 2. The van der Waals surface area contributed by atoms with Gasteiger partial charge in [0.1, 0.15) is 5.52 Å². The van der Waals surface area contributed by atoms with Crippen LogP contribution in [0.2, 0.25) is 10.0 Å². The third-order valence-corrected chi connectivity index (χ3v) is 5.19. The molecule has 0 radical (unpaired) electrons. The molecule has 136 valence electrons. The van der Waals surface area contributed by atoms with Crippen LogP contribution in [0.4, 0.5) is 5.69 Å². The maximum absolute atomic E-state index is 6.31. The Bertz CT molecular complexity index is 1170. The van der Waals surface area contributed by atoms with Crippen molar-refractivity contribution in [3.63, 3.8) is 0 Å². The minimum absolute atomic E-state index is 0.469. The molecule has 2 heterocycles. The molecule has 0 saturated heterocycles. The van der Waals surface area contributed by atoms with E-state index in [1.165, 1.54) is 0 Å². The van der Waals surface area contributed by atoms with Crippen molar-refractivity contribution in [1.82, 2.24) is 19.5 Å². The fourth-order valence-corrected chi connectivity index (χ4v) is 3.57. The van der Waals surface area contributed by atoms with E-state index in [0.29, 0.717) is 22.1 Å². The van der Waals surface area contributed by atoms with E-state index in [-0.39, 0.29) is 0 Å². The van der Waals surface area contributed by atoms with Gasteiger partial charge in [0.05, 0.1) is 24.9 Å². The molecule has 0 atom stereocenters. The van der Waals surface area contributed by atoms with Crippen LogP contribution in [-0.4, -0.2) is 19.5 Å². The lowest BCUT2D eigenvalue weighted by molar-refractivity contribution is 0.786. The topological polar surface area (TPSA) is 58.9 Å². The Hall–Kier alpha value is -2.63. The van der Waals surface area contributed by atoms with E-state index in [9.17, 15) is 0 Å². The van der Waals surface area contributed by atoms with Crippen LogP contribution in [-0.2, 0) is 6.54 Å². The maximum atomic E-state index is 6.31. The van der Waals surface area contributed by atoms with Gasteiger partial charge in [0.2, 0.25) is 0 Å². The lowest BCUT2D eigenvalue weighted by Crippen LogP contribution is -2.15. The van der Waals surface area contributed by atoms with Crippen LogP contribution in [0.15, 0.2) is 54.0 Å². The molecular weight excluding hydrogens is 381 g/mol. The Kier molecular flexibility index (Phi) is 4.72. The fourth-order valence-electron chi connectivity index (χ4n) is 3.06. The highest BCUT2D eigenvalue weighted by molar-refractivity contribution is 6.36. The van der Waals surface area contributed by atoms with E-state index in [1.807, 2.05) is 54.8 Å². The third kappa shape index (κ3) is 3.36. The summed E-state index contributed by atoms with van der Waals surface area (Å²) in [6, 6.07) is 11.6. The van der Waals surface area contributed by atoms with Crippen molar-refractivity contribution in [2.24, 2.45) is 4.99 Å². The summed E-state index contributed by atoms with van der Waals surface area (Å²) >= 11 is 12.6. The van der Waals surface area contributed by atoms with Crippen LogP contribution in [0.25, 0.3) is 11.2 Å². The fraction of sp³-hybridized carbons (Fsp3) is 0.150. The van der Waals surface area contributed by atoms with E-state index in [4.69, 9.17) is 28.2 Å². The first kappa shape index (κ1) is 17.8. The van der Waals surface area contributed by atoms with Gasteiger partial charge in [-0.25, -0.2) is 15.0 Å². The number of imidazole rings is 1. The summed E-state index contributed by atoms with van der Waals surface area (Å²) in [6.45, 7) is 4.55. The Labute approximate surface area is 166 Å². The lowest BCUT2D eigenvalue weighted by atomic mass is 10.1. The Morgan fingerprint density at radius 2 is 1.67 bits per heavy atom. The zero-order chi connectivity index (χ0) is 19.0. The number of nitrogens with one attached hydrogen (secondary N) is 1. The first-order valence-corrected chi connectivity index (χ1v) is 9.22. The van der Waals surface area contributed by atoms with Gasteiger partial charge in [0, 0.05) is 15.6 Å². The minimum Gasteiger partial charge on any atom is -0.340 e. The predicted molar refractivity (Wildman–Crippen MR) is 109 cm³/mol. The molecule has 0 bridgehead atoms. The van der Waals surface area contributed by atoms with Gasteiger partial charge in [-0.15, -0.1) is 0 Å². The second-order valence-corrected chi connectivity index (χ2v) is 7.16. The molecule has 0 saturated carbocycles. The molecule has 7 heteroatoms. The summed E-state index contributed by atoms with van der Waals surface area (Å²) in [7, 11) is 0. The van der Waals surface area contributed by atoms with Gasteiger partial charge in [0.15, 0.2) is 11.1 Å². The number of rotatable bonds is 3. The van der Waals surface area contributed by atoms with Gasteiger partial charge in [-0.2, -0.15) is 0 Å². The summed E-state index contributed by atoms with van der Waals surface area (Å²) in [5.41, 5.74) is 6.06. The van der Waals surface area contributed by atoms with Crippen LogP contribution in [0.5, 0.6) is 0 Å². The van der Waals surface area contributed by atoms with Crippen LogP contribution >= 0.6 is 23.2 Å². The molecule has 4 aromatic rings. The lowest BCUT2D eigenvalue weighted by Gasteiger charge is -2.11. The largest absolute Gasteiger partial charge is 0.340 e. The minimum atomic E-state index is 0.469. The third-order valence-electron chi connectivity index (χ3n) is 4.48. The number of nitrogens with zero attached hydrogens (tertiary/aromatic N) is 4. The molecule has 0 spiro atoms. The molecule has 2 aromatic carbocycles. The van der Waals surface area contributed by atoms with Crippen molar-refractivity contribution in [2.45, 2.75) is 20.4 Å². The van der Waals surface area contributed by atoms with Gasteiger partial charge in [0.25, 0.3) is 0 Å². The summed E-state index contributed by atoms with van der Waals surface area (Å²) < 4.78 is 1.91. The van der Waals surface area contributed by atoms with E-state index in [1.54, 1.807) is 12.7 Å². The van der Waals surface area contributed by atoms with Gasteiger partial charge in [-0.3, -0.25) is 0 Å². The average Bonchev–Trinajstić information content (AvgIpc) is 3.13. The first-order valence-electron chi connectivity index (χ1n) is 8.47. The van der Waals surface area contributed by atoms with Crippen molar-refractivity contribution >= 4 is 40.1 Å². The highest BCUT2D eigenvalue weighted by atomic mass is 35.5. The van der Waals surface area contributed by atoms with E-state index in [0.717, 1.165) is 33.5 Å². The molecule has 27 heavy (non-hydrogen) atoms. The quantitative estimate of drug-likeness (QED) is 0.530. The van der Waals surface area contributed by atoms with Crippen molar-refractivity contribution in [1.29, 1.82) is 0 Å². The number of aryl methyl sites for hydroxylation is 2. The SMILES string of the molecule is Cc1cccc(C)c1N=c1ncn(Cc2c(Cl)cccc2Cl)c2nc[nH]c12. The number of fused-ring (bicyclic) bond motifs is 1. The number of halogens is 2. The number of hydrogen-bond donors (Lipinski definition) is 1. The number of para-hydroxylation sites is 1. The standard InChI is InChI=1S/C20H17Cl2N5/c1-12-5-3-6-13(2)17(12)26-19-18-20(24-10-23-18)27(11-25-19)9-14-15(21)7-4-8-16(14)22/h3-8,10-11H,9H2,1-2H3,(H,23,24). The summed E-state index contributed by atoms with van der Waals surface area (Å²) in [5.74, 6) is 0. The number of H-pyrrole nitrogens is 1. The second-order valence-electron chi connectivity index (χ2n) is 6.35. The monoisotopic (exact) mass is 397 g/mol. The second kappa shape index (κ2) is 7.18. The molecule has 0 aliphatic heterocycles. The zero-order valence-electron chi connectivity index (χ0n) is 14.9. The molecule has 0 aliphatic rings. The van der Waals surface area contributed by atoms with Crippen molar-refractivity contribution < 1.29 is 0 Å². The summed E-state index contributed by atoms with van der Waals surface area (Å²) in [4.78, 5) is 16.9. The number of hydrogen-bond acceptors (Lipinski definition) is 3. The van der Waals surface area contributed by atoms with Gasteiger partial charge in [-0.1, -0.05) is 47.5 Å². The molecule has 0 aliphatic carbocycles. The van der Waals surface area contributed by atoms with Gasteiger partial charge in [-0.05, 0) is 37.1 Å². The Morgan fingerprint density at radius 1 is 1.00 bits per heavy atom. The maximum Gasteiger partial charge on any atom is 0.181 e. The van der Waals surface area contributed by atoms with Crippen molar-refractivity contribution in [3.8, 4) is 0 Å². The summed E-state index contributed by atoms with van der Waals surface area (Å²) in [5, 5.41) is 1.23. The molecule has 4 rings (SSSR count). The highest BCUT2D eigenvalue weighted by Crippen LogP contribution is 2.26. The molecular formula is C20H17Cl2N5. The van der Waals surface area contributed by atoms with Gasteiger partial charge >= 0.3 is 0 Å². The first-order chi connectivity index (χ1) is 13.0. The number of aromatic nitrogens is 4. The van der Waals surface area contributed by atoms with Crippen LogP contribution in [0.3, 0.4) is 0 Å². The molecule has 1 N–H and O–H groups in total. The Morgan fingerprint density at radius 3 is 2.37 bits per heavy atom. The highest BCUT2D eigenvalue weighted by Gasteiger charge is 2.11. The van der Waals surface area contributed by atoms with Gasteiger partial charge < -0.3 is 9.55 Å². The molecule has 5 nitrogen and oxygen atoms in total. The average molecular weight is 398 g/mol. The normalized spacial score (nSPS) is 12.1. The van der Waals surface area contributed by atoms with Crippen molar-refractivity contribution in [3.05, 3.63) is 81.3 Å². The number of aromatic amines is 1. The van der Waals surface area contributed by atoms with Crippen molar-refractivity contribution in [2.75, 3.05) is 0 Å².